The summed E-state index contributed by atoms with van der Waals surface area (Å²) in [5.74, 6) is 0.815. The first-order valence-electron chi connectivity index (χ1n) is 5.33. The fourth-order valence-corrected chi connectivity index (χ4v) is 1.93. The van der Waals surface area contributed by atoms with Crippen molar-refractivity contribution >= 4 is 11.0 Å². The predicted molar refractivity (Wildman–Crippen MR) is 65.6 cm³/mol. The van der Waals surface area contributed by atoms with Crippen molar-refractivity contribution in [2.75, 3.05) is 0 Å². The maximum atomic E-state index is 9.80. The highest BCUT2D eigenvalue weighted by Gasteiger charge is 2.13. The first kappa shape index (κ1) is 9.84. The first-order valence-corrected chi connectivity index (χ1v) is 5.33. The molecule has 0 radical (unpaired) electrons. The zero-order valence-electron chi connectivity index (χ0n) is 9.33. The second-order valence-electron chi connectivity index (χ2n) is 3.85. The van der Waals surface area contributed by atoms with Gasteiger partial charge < -0.3 is 9.67 Å². The zero-order valence-corrected chi connectivity index (χ0v) is 9.33. The number of imidazole rings is 1. The molecule has 4 heteroatoms. The Hall–Kier alpha value is -2.36. The first-order chi connectivity index (χ1) is 8.27. The molecule has 0 unspecified atom stereocenters. The van der Waals surface area contributed by atoms with Gasteiger partial charge in [-0.25, -0.2) is 9.97 Å². The molecule has 0 aliphatic carbocycles. The highest BCUT2D eigenvalue weighted by molar-refractivity contribution is 5.80. The van der Waals surface area contributed by atoms with Gasteiger partial charge in [-0.2, -0.15) is 0 Å². The van der Waals surface area contributed by atoms with E-state index in [1.165, 1.54) is 0 Å². The molecule has 0 saturated heterocycles. The molecule has 2 aromatic heterocycles. The van der Waals surface area contributed by atoms with Gasteiger partial charge >= 0.3 is 0 Å². The van der Waals surface area contributed by atoms with Crippen LogP contribution in [0.15, 0.2) is 42.6 Å². The number of hydrogen-bond donors (Lipinski definition) is 1. The van der Waals surface area contributed by atoms with E-state index in [2.05, 4.69) is 9.97 Å². The lowest BCUT2D eigenvalue weighted by Gasteiger charge is -2.03. The highest BCUT2D eigenvalue weighted by Crippen LogP contribution is 2.27. The average molecular weight is 225 g/mol. The molecule has 84 valence electrons. The Morgan fingerprint density at radius 2 is 1.94 bits per heavy atom. The maximum Gasteiger partial charge on any atom is 0.163 e. The number of rotatable bonds is 1. The van der Waals surface area contributed by atoms with Gasteiger partial charge in [0.25, 0.3) is 0 Å². The minimum absolute atomic E-state index is 0.144. The van der Waals surface area contributed by atoms with Gasteiger partial charge in [0, 0.05) is 13.2 Å². The van der Waals surface area contributed by atoms with Crippen LogP contribution in [-0.4, -0.2) is 19.6 Å². The molecule has 0 atom stereocenters. The quantitative estimate of drug-likeness (QED) is 0.691. The van der Waals surface area contributed by atoms with Gasteiger partial charge in [-0.1, -0.05) is 12.1 Å². The second-order valence-corrected chi connectivity index (χ2v) is 3.85. The van der Waals surface area contributed by atoms with Gasteiger partial charge in [0.05, 0.1) is 11.0 Å². The summed E-state index contributed by atoms with van der Waals surface area (Å²) in [6.45, 7) is 0. The van der Waals surface area contributed by atoms with Crippen molar-refractivity contribution in [1.29, 1.82) is 0 Å². The molecule has 0 saturated carbocycles. The Morgan fingerprint density at radius 1 is 1.12 bits per heavy atom. The molecular weight excluding hydrogens is 214 g/mol. The van der Waals surface area contributed by atoms with Crippen molar-refractivity contribution in [3.05, 3.63) is 42.6 Å². The summed E-state index contributed by atoms with van der Waals surface area (Å²) >= 11 is 0. The summed E-state index contributed by atoms with van der Waals surface area (Å²) < 4.78 is 1.93. The smallest absolute Gasteiger partial charge is 0.163 e. The van der Waals surface area contributed by atoms with E-state index >= 15 is 0 Å². The molecule has 0 fully saturated rings. The minimum Gasteiger partial charge on any atom is -0.506 e. The second kappa shape index (κ2) is 3.59. The SMILES string of the molecule is Cn1c(-c2ncccc2O)nc2ccccc21. The topological polar surface area (TPSA) is 50.9 Å². The van der Waals surface area contributed by atoms with Crippen molar-refractivity contribution in [1.82, 2.24) is 14.5 Å². The molecule has 3 aromatic rings. The molecule has 0 aliphatic rings. The van der Waals surface area contributed by atoms with Gasteiger partial charge in [0.2, 0.25) is 0 Å². The van der Waals surface area contributed by atoms with E-state index in [1.807, 2.05) is 35.9 Å². The van der Waals surface area contributed by atoms with Crippen molar-refractivity contribution in [3.63, 3.8) is 0 Å². The molecule has 2 heterocycles. The van der Waals surface area contributed by atoms with Crippen LogP contribution in [0.1, 0.15) is 0 Å². The van der Waals surface area contributed by atoms with Crippen molar-refractivity contribution < 1.29 is 5.11 Å². The van der Waals surface area contributed by atoms with Crippen LogP contribution in [0.5, 0.6) is 5.75 Å². The normalized spacial score (nSPS) is 10.9. The average Bonchev–Trinajstić information content (AvgIpc) is 2.68. The van der Waals surface area contributed by atoms with Gasteiger partial charge in [-0.3, -0.25) is 0 Å². The number of para-hydroxylation sites is 2. The van der Waals surface area contributed by atoms with Crippen molar-refractivity contribution in [2.45, 2.75) is 0 Å². The molecular formula is C13H11N3O. The standard InChI is InChI=1S/C13H11N3O/c1-16-10-6-3-2-5-9(10)15-13(16)12-11(17)7-4-8-14-12/h2-8,17H,1H3. The van der Waals surface area contributed by atoms with Gasteiger partial charge in [0.15, 0.2) is 5.82 Å². The number of benzene rings is 1. The number of fused-ring (bicyclic) bond motifs is 1. The predicted octanol–water partition coefficient (Wildman–Crippen LogP) is 2.34. The Balaban J connectivity index is 2.32. The van der Waals surface area contributed by atoms with Gasteiger partial charge in [-0.05, 0) is 24.3 Å². The number of pyridine rings is 1. The summed E-state index contributed by atoms with van der Waals surface area (Å²) in [6.07, 6.45) is 1.65. The Bertz CT molecular complexity index is 688. The summed E-state index contributed by atoms with van der Waals surface area (Å²) in [4.78, 5) is 8.66. The summed E-state index contributed by atoms with van der Waals surface area (Å²) in [6, 6.07) is 11.2. The Kier molecular flexibility index (Phi) is 2.08. The molecule has 3 rings (SSSR count). The van der Waals surface area contributed by atoms with E-state index in [-0.39, 0.29) is 5.75 Å². The van der Waals surface area contributed by atoms with E-state index in [9.17, 15) is 5.11 Å². The fraction of sp³-hybridized carbons (Fsp3) is 0.0769. The molecule has 0 spiro atoms. The summed E-state index contributed by atoms with van der Waals surface area (Å²) in [5, 5.41) is 9.80. The van der Waals surface area contributed by atoms with E-state index < -0.39 is 0 Å². The minimum atomic E-state index is 0.144. The largest absolute Gasteiger partial charge is 0.506 e. The number of aromatic nitrogens is 3. The molecule has 0 amide bonds. The van der Waals surface area contributed by atoms with E-state index in [0.717, 1.165) is 11.0 Å². The van der Waals surface area contributed by atoms with Crippen LogP contribution in [0.4, 0.5) is 0 Å². The fourth-order valence-electron chi connectivity index (χ4n) is 1.93. The van der Waals surface area contributed by atoms with Crippen molar-refractivity contribution in [3.8, 4) is 17.3 Å². The van der Waals surface area contributed by atoms with Gasteiger partial charge in [0.1, 0.15) is 11.4 Å². The maximum absolute atomic E-state index is 9.80. The van der Waals surface area contributed by atoms with Crippen molar-refractivity contribution in [2.24, 2.45) is 7.05 Å². The van der Waals surface area contributed by atoms with Crippen LogP contribution in [-0.2, 0) is 7.05 Å². The summed E-state index contributed by atoms with van der Waals surface area (Å²) in [7, 11) is 1.92. The highest BCUT2D eigenvalue weighted by atomic mass is 16.3. The molecule has 0 aliphatic heterocycles. The number of aryl methyl sites for hydroxylation is 1. The molecule has 1 N–H and O–H groups in total. The third-order valence-electron chi connectivity index (χ3n) is 2.79. The molecule has 0 bridgehead atoms. The van der Waals surface area contributed by atoms with E-state index in [4.69, 9.17) is 0 Å². The monoisotopic (exact) mass is 225 g/mol. The van der Waals surface area contributed by atoms with Gasteiger partial charge in [-0.15, -0.1) is 0 Å². The lowest BCUT2D eigenvalue weighted by atomic mass is 10.3. The van der Waals surface area contributed by atoms with Crippen LogP contribution in [0.2, 0.25) is 0 Å². The van der Waals surface area contributed by atoms with Crippen LogP contribution < -0.4 is 0 Å². The van der Waals surface area contributed by atoms with E-state index in [1.54, 1.807) is 18.3 Å². The number of hydrogen-bond acceptors (Lipinski definition) is 3. The van der Waals surface area contributed by atoms with Crippen LogP contribution in [0.25, 0.3) is 22.6 Å². The lowest BCUT2D eigenvalue weighted by molar-refractivity contribution is 0.474. The third kappa shape index (κ3) is 1.45. The zero-order chi connectivity index (χ0) is 11.8. The lowest BCUT2D eigenvalue weighted by Crippen LogP contribution is -1.94. The molecule has 4 nitrogen and oxygen atoms in total. The van der Waals surface area contributed by atoms with Crippen LogP contribution in [0.3, 0.4) is 0 Å². The Morgan fingerprint density at radius 3 is 2.71 bits per heavy atom. The van der Waals surface area contributed by atoms with Crippen LogP contribution in [0, 0.1) is 0 Å². The Labute approximate surface area is 98.2 Å². The molecule has 17 heavy (non-hydrogen) atoms. The third-order valence-corrected chi connectivity index (χ3v) is 2.79. The molecule has 1 aromatic carbocycles. The summed E-state index contributed by atoms with van der Waals surface area (Å²) in [5.41, 5.74) is 2.42. The number of nitrogens with zero attached hydrogens (tertiary/aromatic N) is 3. The van der Waals surface area contributed by atoms with Crippen LogP contribution >= 0.6 is 0 Å². The van der Waals surface area contributed by atoms with E-state index in [0.29, 0.717) is 11.5 Å². The number of aromatic hydroxyl groups is 1.